The Balaban J connectivity index is 1.21. The lowest BCUT2D eigenvalue weighted by Crippen LogP contribution is -2.49. The van der Waals surface area contributed by atoms with E-state index in [0.29, 0.717) is 45.4 Å². The Hall–Kier alpha value is -3.01. The van der Waals surface area contributed by atoms with E-state index in [-0.39, 0.29) is 23.7 Å². The van der Waals surface area contributed by atoms with Crippen LogP contribution < -0.4 is 4.90 Å². The van der Waals surface area contributed by atoms with Crippen LogP contribution in [-0.2, 0) is 17.4 Å². The number of halogens is 3. The highest BCUT2D eigenvalue weighted by Crippen LogP contribution is 2.31. The largest absolute Gasteiger partial charge is 0.416 e. The van der Waals surface area contributed by atoms with Crippen LogP contribution in [0.15, 0.2) is 36.7 Å². The van der Waals surface area contributed by atoms with Gasteiger partial charge in [-0.25, -0.2) is 9.97 Å². The van der Waals surface area contributed by atoms with Crippen molar-refractivity contribution in [1.82, 2.24) is 14.9 Å². The number of Topliss-reactive ketones (excluding diaryl/α,β-unsaturated/α-hetero) is 1. The molecule has 0 atom stereocenters. The molecular weight excluding hydrogens is 477 g/mol. The number of unbranched alkanes of at least 4 members (excludes halogenated alkanes) is 1. The highest BCUT2D eigenvalue weighted by molar-refractivity contribution is 7.18. The van der Waals surface area contributed by atoms with Gasteiger partial charge in [0.1, 0.15) is 17.0 Å². The van der Waals surface area contributed by atoms with Crippen molar-refractivity contribution in [3.63, 3.8) is 0 Å². The predicted octanol–water partition coefficient (Wildman–Crippen LogP) is 5.36. The van der Waals surface area contributed by atoms with Crippen molar-refractivity contribution in [2.24, 2.45) is 0 Å². The molecule has 0 spiro atoms. The van der Waals surface area contributed by atoms with Gasteiger partial charge in [-0.2, -0.15) is 13.2 Å². The maximum absolute atomic E-state index is 12.7. The first-order valence-corrected chi connectivity index (χ1v) is 12.5. The summed E-state index contributed by atoms with van der Waals surface area (Å²) < 4.78 is 38.0. The summed E-state index contributed by atoms with van der Waals surface area (Å²) >= 11 is 1.68. The lowest BCUT2D eigenvalue weighted by atomic mass is 10.0. The minimum atomic E-state index is -4.42. The number of carbonyl (C=O) groups is 2. The van der Waals surface area contributed by atoms with Crippen LogP contribution in [0.2, 0.25) is 0 Å². The first kappa shape index (κ1) is 25.1. The number of nitrogens with zero attached hydrogens (tertiary/aromatic N) is 4. The van der Waals surface area contributed by atoms with Crippen LogP contribution >= 0.6 is 11.3 Å². The quantitative estimate of drug-likeness (QED) is 0.305. The van der Waals surface area contributed by atoms with E-state index < -0.39 is 11.7 Å². The third kappa shape index (κ3) is 5.98. The maximum atomic E-state index is 12.7. The van der Waals surface area contributed by atoms with Crippen molar-refractivity contribution in [3.8, 4) is 0 Å². The summed E-state index contributed by atoms with van der Waals surface area (Å²) in [5, 5.41) is 1.06. The fraction of sp³-hybridized carbons (Fsp3) is 0.440. The van der Waals surface area contributed by atoms with Gasteiger partial charge in [0.15, 0.2) is 5.78 Å². The van der Waals surface area contributed by atoms with E-state index in [1.165, 1.54) is 17.0 Å². The lowest BCUT2D eigenvalue weighted by Gasteiger charge is -2.35. The molecule has 1 fully saturated rings. The molecule has 1 aliphatic rings. The predicted molar refractivity (Wildman–Crippen MR) is 130 cm³/mol. The average Bonchev–Trinajstić information content (AvgIpc) is 3.30. The van der Waals surface area contributed by atoms with E-state index in [4.69, 9.17) is 0 Å². The molecule has 2 aromatic heterocycles. The van der Waals surface area contributed by atoms with Gasteiger partial charge < -0.3 is 9.80 Å². The van der Waals surface area contributed by atoms with Crippen LogP contribution in [0, 0.1) is 0 Å². The van der Waals surface area contributed by atoms with E-state index in [9.17, 15) is 22.8 Å². The zero-order valence-electron chi connectivity index (χ0n) is 19.5. The Morgan fingerprint density at radius 2 is 1.69 bits per heavy atom. The fourth-order valence-electron chi connectivity index (χ4n) is 4.20. The van der Waals surface area contributed by atoms with Gasteiger partial charge >= 0.3 is 6.18 Å². The molecular formula is C25H27F3N4O2S. The molecule has 0 aliphatic carbocycles. The van der Waals surface area contributed by atoms with E-state index >= 15 is 0 Å². The number of hydrogen-bond donors (Lipinski definition) is 0. The number of carbonyl (C=O) groups excluding carboxylic acids is 2. The van der Waals surface area contributed by atoms with Gasteiger partial charge in [0.2, 0.25) is 5.91 Å². The molecule has 186 valence electrons. The smallest absolute Gasteiger partial charge is 0.352 e. The Labute approximate surface area is 205 Å². The molecule has 4 rings (SSSR count). The number of ketones is 1. The van der Waals surface area contributed by atoms with Crippen molar-refractivity contribution < 1.29 is 22.8 Å². The van der Waals surface area contributed by atoms with Gasteiger partial charge in [-0.05, 0) is 37.5 Å². The minimum absolute atomic E-state index is 0.0586. The molecule has 1 aliphatic heterocycles. The van der Waals surface area contributed by atoms with Gasteiger partial charge in [-0.15, -0.1) is 11.3 Å². The maximum Gasteiger partial charge on any atom is 0.416 e. The van der Waals surface area contributed by atoms with Gasteiger partial charge in [0, 0.05) is 49.5 Å². The topological polar surface area (TPSA) is 66.4 Å². The molecule has 0 N–H and O–H groups in total. The number of fused-ring (bicyclic) bond motifs is 1. The fourth-order valence-corrected chi connectivity index (χ4v) is 5.13. The number of benzene rings is 1. The summed E-state index contributed by atoms with van der Waals surface area (Å²) in [7, 11) is 0. The number of piperazine rings is 1. The Morgan fingerprint density at radius 1 is 1.00 bits per heavy atom. The number of anilines is 1. The van der Waals surface area contributed by atoms with E-state index in [1.54, 1.807) is 17.7 Å². The zero-order chi connectivity index (χ0) is 25.0. The number of hydrogen-bond acceptors (Lipinski definition) is 6. The van der Waals surface area contributed by atoms with Crippen LogP contribution in [-0.4, -0.2) is 52.7 Å². The molecule has 10 heteroatoms. The Morgan fingerprint density at radius 3 is 2.34 bits per heavy atom. The Bertz CT molecular complexity index is 1190. The molecule has 3 aromatic rings. The summed E-state index contributed by atoms with van der Waals surface area (Å²) in [4.78, 5) is 40.1. The molecule has 0 bridgehead atoms. The van der Waals surface area contributed by atoms with Gasteiger partial charge in [0.25, 0.3) is 0 Å². The van der Waals surface area contributed by atoms with Crippen LogP contribution in [0.5, 0.6) is 0 Å². The molecule has 3 heterocycles. The summed E-state index contributed by atoms with van der Waals surface area (Å²) in [6.45, 7) is 4.73. The summed E-state index contributed by atoms with van der Waals surface area (Å²) in [6, 6.07) is 6.41. The number of aryl methyl sites for hydroxylation is 1. The van der Waals surface area contributed by atoms with Crippen LogP contribution in [0.25, 0.3) is 10.2 Å². The van der Waals surface area contributed by atoms with Crippen molar-refractivity contribution in [1.29, 1.82) is 0 Å². The van der Waals surface area contributed by atoms with Crippen molar-refractivity contribution >= 4 is 39.1 Å². The number of aromatic nitrogens is 2. The van der Waals surface area contributed by atoms with Crippen LogP contribution in [0.4, 0.5) is 19.0 Å². The summed E-state index contributed by atoms with van der Waals surface area (Å²) in [5.41, 5.74) is -0.513. The van der Waals surface area contributed by atoms with Gasteiger partial charge in [0.05, 0.1) is 10.9 Å². The van der Waals surface area contributed by atoms with Crippen LogP contribution in [0.1, 0.15) is 53.4 Å². The number of amides is 1. The Kier molecular flexibility index (Phi) is 7.69. The molecule has 1 aromatic carbocycles. The number of alkyl halides is 3. The minimum Gasteiger partial charge on any atom is -0.352 e. The third-order valence-corrected chi connectivity index (χ3v) is 7.41. The standard InChI is InChI=1S/C25H27F3N4O2S/c1-2-19-15-20-23(29-16-30-24(20)35-19)32-13-11-31(12-14-32)22(34)6-4-3-5-21(33)17-7-9-18(10-8-17)25(26,27)28/h7-10,15-16H,2-6,11-14H2,1H3. The van der Waals surface area contributed by atoms with Crippen molar-refractivity contribution in [2.75, 3.05) is 31.1 Å². The highest BCUT2D eigenvalue weighted by Gasteiger charge is 2.30. The SMILES string of the molecule is CCc1cc2c(N3CCN(C(=O)CCCCC(=O)c4ccc(C(F)(F)F)cc4)CC3)ncnc2s1. The lowest BCUT2D eigenvalue weighted by molar-refractivity contribution is -0.137. The molecule has 0 unspecified atom stereocenters. The second kappa shape index (κ2) is 10.7. The highest BCUT2D eigenvalue weighted by atomic mass is 32.1. The molecule has 1 saturated heterocycles. The second-order valence-corrected chi connectivity index (χ2v) is 9.67. The monoisotopic (exact) mass is 504 g/mol. The molecule has 6 nitrogen and oxygen atoms in total. The van der Waals surface area contributed by atoms with Crippen molar-refractivity contribution in [2.45, 2.75) is 45.2 Å². The first-order chi connectivity index (χ1) is 16.8. The van der Waals surface area contributed by atoms with Gasteiger partial charge in [-0.3, -0.25) is 9.59 Å². The second-order valence-electron chi connectivity index (χ2n) is 8.56. The zero-order valence-corrected chi connectivity index (χ0v) is 20.3. The van der Waals surface area contributed by atoms with E-state index in [0.717, 1.165) is 34.6 Å². The molecule has 35 heavy (non-hydrogen) atoms. The van der Waals surface area contributed by atoms with Crippen molar-refractivity contribution in [3.05, 3.63) is 52.7 Å². The van der Waals surface area contributed by atoms with Crippen LogP contribution in [0.3, 0.4) is 0 Å². The molecule has 1 amide bonds. The molecule has 0 saturated carbocycles. The number of rotatable bonds is 8. The molecule has 0 radical (unpaired) electrons. The van der Waals surface area contributed by atoms with E-state index in [2.05, 4.69) is 27.9 Å². The normalized spacial score (nSPS) is 14.5. The third-order valence-electron chi connectivity index (χ3n) is 6.22. The summed E-state index contributed by atoms with van der Waals surface area (Å²) in [5.74, 6) is 0.763. The first-order valence-electron chi connectivity index (χ1n) is 11.7. The number of thiophene rings is 1. The summed E-state index contributed by atoms with van der Waals surface area (Å²) in [6.07, 6.45) is -0.235. The van der Waals surface area contributed by atoms with Gasteiger partial charge in [-0.1, -0.05) is 19.1 Å². The average molecular weight is 505 g/mol. The van der Waals surface area contributed by atoms with E-state index in [1.807, 2.05) is 4.90 Å².